The van der Waals surface area contributed by atoms with Crippen molar-refractivity contribution in [2.24, 2.45) is 5.92 Å². The second-order valence-corrected chi connectivity index (χ2v) is 9.92. The Hall–Kier alpha value is -3.80. The van der Waals surface area contributed by atoms with Crippen LogP contribution in [0.4, 0.5) is 10.1 Å². The van der Waals surface area contributed by atoms with Gasteiger partial charge in [-0.05, 0) is 54.4 Å². The van der Waals surface area contributed by atoms with Gasteiger partial charge in [-0.25, -0.2) is 12.8 Å². The summed E-state index contributed by atoms with van der Waals surface area (Å²) >= 11 is 0. The van der Waals surface area contributed by atoms with Crippen LogP contribution in [0.15, 0.2) is 59.6 Å². The third-order valence-electron chi connectivity index (χ3n) is 4.80. The predicted octanol–water partition coefficient (Wildman–Crippen LogP) is 2.31. The average molecular weight is 503 g/mol. The summed E-state index contributed by atoms with van der Waals surface area (Å²) in [4.78, 5) is 24.0. The number of carbonyl (C=O) groups is 2. The normalized spacial score (nSPS) is 11.3. The van der Waals surface area contributed by atoms with E-state index < -0.39 is 15.8 Å². The van der Waals surface area contributed by atoms with Gasteiger partial charge in [0.05, 0.1) is 24.2 Å². The van der Waals surface area contributed by atoms with Gasteiger partial charge in [0.1, 0.15) is 11.5 Å². The van der Waals surface area contributed by atoms with Crippen molar-refractivity contribution in [2.75, 3.05) is 11.3 Å². The Bertz CT molecular complexity index is 1260. The Morgan fingerprint density at radius 3 is 2.37 bits per heavy atom. The maximum atomic E-state index is 13.0. The molecule has 0 saturated heterocycles. The SMILES string of the molecule is CC(C)CC(=O)NCCn1cc(CNC(=O)c2ccc(NS(=O)(=O)c3ccc(F)cc3)cc2)nn1. The first kappa shape index (κ1) is 25.8. The van der Waals surface area contributed by atoms with Crippen molar-refractivity contribution >= 4 is 27.5 Å². The number of benzene rings is 2. The van der Waals surface area contributed by atoms with Crippen LogP contribution in [0.5, 0.6) is 0 Å². The summed E-state index contributed by atoms with van der Waals surface area (Å²) in [6.45, 7) is 4.99. The molecule has 0 atom stereocenters. The summed E-state index contributed by atoms with van der Waals surface area (Å²) < 4.78 is 41.8. The number of amides is 2. The van der Waals surface area contributed by atoms with Crippen LogP contribution in [-0.4, -0.2) is 41.8 Å². The molecule has 0 unspecified atom stereocenters. The standard InChI is InChI=1S/C23H27FN6O4S/c1-16(2)13-22(31)25-11-12-30-15-20(27-29-30)14-26-23(32)17-3-7-19(8-4-17)28-35(33,34)21-9-5-18(24)6-10-21/h3-10,15-16,28H,11-14H2,1-2H3,(H,25,31)(H,26,32). The Labute approximate surface area is 203 Å². The number of nitrogens with zero attached hydrogens (tertiary/aromatic N) is 3. The van der Waals surface area contributed by atoms with Crippen LogP contribution in [0.25, 0.3) is 0 Å². The zero-order valence-electron chi connectivity index (χ0n) is 19.4. The molecule has 2 amide bonds. The Kier molecular flexibility index (Phi) is 8.53. The van der Waals surface area contributed by atoms with E-state index in [-0.39, 0.29) is 28.9 Å². The number of sulfonamides is 1. The molecule has 12 heteroatoms. The highest BCUT2D eigenvalue weighted by atomic mass is 32.2. The van der Waals surface area contributed by atoms with Crippen molar-refractivity contribution in [3.63, 3.8) is 0 Å². The molecule has 2 aromatic carbocycles. The molecule has 10 nitrogen and oxygen atoms in total. The van der Waals surface area contributed by atoms with E-state index in [0.29, 0.717) is 36.7 Å². The van der Waals surface area contributed by atoms with Crippen molar-refractivity contribution in [1.29, 1.82) is 0 Å². The van der Waals surface area contributed by atoms with E-state index in [4.69, 9.17) is 0 Å². The molecule has 0 aliphatic carbocycles. The zero-order valence-corrected chi connectivity index (χ0v) is 20.2. The Balaban J connectivity index is 1.48. The lowest BCUT2D eigenvalue weighted by atomic mass is 10.1. The molecule has 0 aliphatic rings. The molecular weight excluding hydrogens is 475 g/mol. The van der Waals surface area contributed by atoms with Crippen LogP contribution >= 0.6 is 0 Å². The zero-order chi connectivity index (χ0) is 25.4. The maximum absolute atomic E-state index is 13.0. The highest BCUT2D eigenvalue weighted by molar-refractivity contribution is 7.92. The van der Waals surface area contributed by atoms with E-state index in [1.165, 1.54) is 36.4 Å². The number of aromatic nitrogens is 3. The molecular formula is C23H27FN6O4S. The van der Waals surface area contributed by atoms with Crippen molar-refractivity contribution < 1.29 is 22.4 Å². The summed E-state index contributed by atoms with van der Waals surface area (Å²) in [7, 11) is -3.88. The number of anilines is 1. The first-order chi connectivity index (χ1) is 16.6. The number of halogens is 1. The number of nitrogens with one attached hydrogen (secondary N) is 3. The molecule has 1 heterocycles. The van der Waals surface area contributed by atoms with Gasteiger partial charge in [0.25, 0.3) is 15.9 Å². The van der Waals surface area contributed by atoms with Crippen molar-refractivity contribution in [1.82, 2.24) is 25.6 Å². The van der Waals surface area contributed by atoms with E-state index >= 15 is 0 Å². The number of carbonyl (C=O) groups excluding carboxylic acids is 2. The summed E-state index contributed by atoms with van der Waals surface area (Å²) in [6.07, 6.45) is 2.15. The third kappa shape index (κ3) is 7.88. The van der Waals surface area contributed by atoms with E-state index in [2.05, 4.69) is 25.7 Å². The van der Waals surface area contributed by atoms with Gasteiger partial charge in [0, 0.05) is 24.2 Å². The van der Waals surface area contributed by atoms with Gasteiger partial charge in [0.2, 0.25) is 5.91 Å². The van der Waals surface area contributed by atoms with Crippen LogP contribution in [0.2, 0.25) is 0 Å². The number of hydrogen-bond acceptors (Lipinski definition) is 6. The highest BCUT2D eigenvalue weighted by Crippen LogP contribution is 2.17. The van der Waals surface area contributed by atoms with E-state index in [9.17, 15) is 22.4 Å². The van der Waals surface area contributed by atoms with Gasteiger partial charge >= 0.3 is 0 Å². The summed E-state index contributed by atoms with van der Waals surface area (Å²) in [5, 5.41) is 13.5. The second kappa shape index (κ2) is 11.6. The van der Waals surface area contributed by atoms with Gasteiger partial charge in [-0.2, -0.15) is 0 Å². The van der Waals surface area contributed by atoms with Gasteiger partial charge in [0.15, 0.2) is 0 Å². The lowest BCUT2D eigenvalue weighted by Gasteiger charge is -2.09. The van der Waals surface area contributed by atoms with Gasteiger partial charge in [-0.1, -0.05) is 19.1 Å². The van der Waals surface area contributed by atoms with Gasteiger partial charge < -0.3 is 10.6 Å². The average Bonchev–Trinajstić information content (AvgIpc) is 3.25. The number of hydrogen-bond donors (Lipinski definition) is 3. The Morgan fingerprint density at radius 1 is 1.03 bits per heavy atom. The largest absolute Gasteiger partial charge is 0.354 e. The molecule has 0 fully saturated rings. The van der Waals surface area contributed by atoms with Crippen molar-refractivity contribution in [2.45, 2.75) is 38.3 Å². The van der Waals surface area contributed by atoms with Crippen molar-refractivity contribution in [3.05, 3.63) is 71.8 Å². The molecule has 3 aromatic rings. The molecule has 0 bridgehead atoms. The van der Waals surface area contributed by atoms with Crippen LogP contribution < -0.4 is 15.4 Å². The fourth-order valence-electron chi connectivity index (χ4n) is 3.07. The molecule has 186 valence electrons. The topological polar surface area (TPSA) is 135 Å². The van der Waals surface area contributed by atoms with Crippen molar-refractivity contribution in [3.8, 4) is 0 Å². The Morgan fingerprint density at radius 2 is 1.71 bits per heavy atom. The lowest BCUT2D eigenvalue weighted by Crippen LogP contribution is -2.28. The third-order valence-corrected chi connectivity index (χ3v) is 6.19. The number of rotatable bonds is 11. The second-order valence-electron chi connectivity index (χ2n) is 8.24. The molecule has 0 radical (unpaired) electrons. The van der Waals surface area contributed by atoms with E-state index in [1.54, 1.807) is 10.9 Å². The molecule has 3 rings (SSSR count). The quantitative estimate of drug-likeness (QED) is 0.368. The molecule has 0 aliphatic heterocycles. The maximum Gasteiger partial charge on any atom is 0.261 e. The minimum Gasteiger partial charge on any atom is -0.354 e. The monoisotopic (exact) mass is 502 g/mol. The summed E-state index contributed by atoms with van der Waals surface area (Å²) in [6, 6.07) is 10.3. The van der Waals surface area contributed by atoms with Crippen LogP contribution in [-0.2, 0) is 27.9 Å². The van der Waals surface area contributed by atoms with E-state index in [0.717, 1.165) is 12.1 Å². The van der Waals surface area contributed by atoms with Crippen LogP contribution in [0, 0.1) is 11.7 Å². The predicted molar refractivity (Wildman–Crippen MR) is 127 cm³/mol. The minimum atomic E-state index is -3.88. The van der Waals surface area contributed by atoms with Crippen LogP contribution in [0.1, 0.15) is 36.3 Å². The van der Waals surface area contributed by atoms with Gasteiger partial charge in [-0.15, -0.1) is 5.10 Å². The minimum absolute atomic E-state index is 0.0122. The molecule has 0 saturated carbocycles. The first-order valence-corrected chi connectivity index (χ1v) is 12.4. The van der Waals surface area contributed by atoms with E-state index in [1.807, 2.05) is 13.8 Å². The smallest absolute Gasteiger partial charge is 0.261 e. The van der Waals surface area contributed by atoms with Crippen LogP contribution in [0.3, 0.4) is 0 Å². The molecule has 1 aromatic heterocycles. The highest BCUT2D eigenvalue weighted by Gasteiger charge is 2.15. The molecule has 35 heavy (non-hydrogen) atoms. The fourth-order valence-corrected chi connectivity index (χ4v) is 4.13. The first-order valence-electron chi connectivity index (χ1n) is 10.9. The molecule has 0 spiro atoms. The van der Waals surface area contributed by atoms with Gasteiger partial charge in [-0.3, -0.25) is 19.0 Å². The summed E-state index contributed by atoms with van der Waals surface area (Å²) in [5.41, 5.74) is 1.14. The molecule has 3 N–H and O–H groups in total. The fraction of sp³-hybridized carbons (Fsp3) is 0.304. The lowest BCUT2D eigenvalue weighted by molar-refractivity contribution is -0.121. The summed E-state index contributed by atoms with van der Waals surface area (Å²) in [5.74, 6) is -0.624.